The Morgan fingerprint density at radius 1 is 1.20 bits per heavy atom. The Balaban J connectivity index is 0.000000204. The summed E-state index contributed by atoms with van der Waals surface area (Å²) in [6, 6.07) is 7.99. The van der Waals surface area contributed by atoms with Gasteiger partial charge in [0.1, 0.15) is 23.6 Å². The first-order valence-electron chi connectivity index (χ1n) is 12.2. The smallest absolute Gasteiger partial charge is 0.236 e. The van der Waals surface area contributed by atoms with Crippen molar-refractivity contribution in [2.24, 2.45) is 5.92 Å². The molecule has 35 heavy (non-hydrogen) atoms. The number of nitriles is 1. The highest BCUT2D eigenvalue weighted by Gasteiger charge is 2.20. The number of likely N-dealkylation sites (tertiary alicyclic amines) is 1. The second kappa shape index (κ2) is 11.3. The van der Waals surface area contributed by atoms with Crippen LogP contribution in [-0.4, -0.2) is 69.6 Å². The van der Waals surface area contributed by atoms with Crippen LogP contribution in [0.15, 0.2) is 30.6 Å². The standard InChI is InChI=1S/C17H19N5O.C9H14N2O/c1-12-3-4-15-18-10-14(22(15)11-12)17-19-13(2)9-16(20-17)21-5-7-23-8-6-21;1-8-3-2-6-11(7-8)9(12)4-5-10/h3-4,9-11H,5-8H2,1-2H3;8H,2-4,6-7H2,1H3/t;8-/m.1/s1. The fourth-order valence-electron chi connectivity index (χ4n) is 4.47. The fourth-order valence-corrected chi connectivity index (χ4v) is 4.47. The fraction of sp³-hybridized carbons (Fsp3) is 0.500. The summed E-state index contributed by atoms with van der Waals surface area (Å²) in [6.45, 7) is 11.1. The lowest BCUT2D eigenvalue weighted by atomic mass is 10.0. The van der Waals surface area contributed by atoms with Crippen LogP contribution in [0.25, 0.3) is 17.2 Å². The minimum atomic E-state index is -0.0101. The number of imidazole rings is 1. The summed E-state index contributed by atoms with van der Waals surface area (Å²) in [6.07, 6.45) is 6.23. The zero-order valence-electron chi connectivity index (χ0n) is 20.8. The molecule has 1 atom stereocenters. The summed E-state index contributed by atoms with van der Waals surface area (Å²) in [5.74, 6) is 2.26. The number of carbonyl (C=O) groups excluding carboxylic acids is 1. The molecule has 1 amide bonds. The third-order valence-electron chi connectivity index (χ3n) is 6.30. The van der Waals surface area contributed by atoms with Gasteiger partial charge in [-0.1, -0.05) is 13.0 Å². The molecule has 0 bridgehead atoms. The molecule has 9 nitrogen and oxygen atoms in total. The minimum absolute atomic E-state index is 0.0101. The first-order valence-corrected chi connectivity index (χ1v) is 12.2. The van der Waals surface area contributed by atoms with Crippen LogP contribution < -0.4 is 4.90 Å². The number of nitrogens with zero attached hydrogens (tertiary/aromatic N) is 7. The summed E-state index contributed by atoms with van der Waals surface area (Å²) in [5.41, 5.74) is 3.96. The van der Waals surface area contributed by atoms with Crippen LogP contribution in [-0.2, 0) is 9.53 Å². The summed E-state index contributed by atoms with van der Waals surface area (Å²) >= 11 is 0. The Kier molecular flexibility index (Phi) is 7.93. The van der Waals surface area contributed by atoms with Crippen molar-refractivity contribution in [3.05, 3.63) is 41.9 Å². The number of fused-ring (bicyclic) bond motifs is 1. The molecule has 9 heteroatoms. The van der Waals surface area contributed by atoms with Gasteiger partial charge in [-0.2, -0.15) is 5.26 Å². The number of hydrogen-bond acceptors (Lipinski definition) is 7. The van der Waals surface area contributed by atoms with Crippen LogP contribution in [0.3, 0.4) is 0 Å². The second-order valence-electron chi connectivity index (χ2n) is 9.29. The number of ether oxygens (including phenoxy) is 1. The van der Waals surface area contributed by atoms with Crippen molar-refractivity contribution in [1.29, 1.82) is 5.26 Å². The Bertz CT molecular complexity index is 1210. The van der Waals surface area contributed by atoms with Gasteiger partial charge in [0.15, 0.2) is 5.82 Å². The lowest BCUT2D eigenvalue weighted by molar-refractivity contribution is -0.131. The van der Waals surface area contributed by atoms with Gasteiger partial charge >= 0.3 is 0 Å². The topological polar surface area (TPSA) is 99.6 Å². The maximum absolute atomic E-state index is 11.2. The first kappa shape index (κ1) is 24.6. The molecule has 0 unspecified atom stereocenters. The minimum Gasteiger partial charge on any atom is -0.378 e. The van der Waals surface area contributed by atoms with Gasteiger partial charge in [0, 0.05) is 44.1 Å². The van der Waals surface area contributed by atoms with Crippen molar-refractivity contribution >= 4 is 17.4 Å². The maximum Gasteiger partial charge on any atom is 0.236 e. The molecule has 5 heterocycles. The number of morpholine rings is 1. The Morgan fingerprint density at radius 2 is 2.00 bits per heavy atom. The van der Waals surface area contributed by atoms with Crippen molar-refractivity contribution in [1.82, 2.24) is 24.3 Å². The molecule has 2 aliphatic heterocycles. The third-order valence-corrected chi connectivity index (χ3v) is 6.30. The second-order valence-corrected chi connectivity index (χ2v) is 9.29. The van der Waals surface area contributed by atoms with Crippen molar-refractivity contribution < 1.29 is 9.53 Å². The summed E-state index contributed by atoms with van der Waals surface area (Å²) in [4.78, 5) is 29.2. The van der Waals surface area contributed by atoms with Crippen LogP contribution in [0.5, 0.6) is 0 Å². The number of pyridine rings is 1. The van der Waals surface area contributed by atoms with Crippen LogP contribution in [0.1, 0.15) is 37.4 Å². The Hall–Kier alpha value is -3.51. The molecule has 0 saturated carbocycles. The number of hydrogen-bond donors (Lipinski definition) is 0. The van der Waals surface area contributed by atoms with E-state index in [1.54, 1.807) is 4.90 Å². The molecular weight excluding hydrogens is 442 g/mol. The average molecular weight is 476 g/mol. The van der Waals surface area contributed by atoms with Crippen molar-refractivity contribution in [3.8, 4) is 17.6 Å². The zero-order valence-corrected chi connectivity index (χ0v) is 20.8. The number of carbonyl (C=O) groups is 1. The number of piperidine rings is 1. The van der Waals surface area contributed by atoms with Crippen molar-refractivity contribution in [2.45, 2.75) is 40.0 Å². The van der Waals surface area contributed by atoms with E-state index in [4.69, 9.17) is 15.0 Å². The lowest BCUT2D eigenvalue weighted by Gasteiger charge is -2.30. The van der Waals surface area contributed by atoms with Crippen molar-refractivity contribution in [3.63, 3.8) is 0 Å². The number of anilines is 1. The summed E-state index contributed by atoms with van der Waals surface area (Å²) in [7, 11) is 0. The van der Waals surface area contributed by atoms with Gasteiger partial charge in [0.25, 0.3) is 0 Å². The molecule has 0 N–H and O–H groups in total. The van der Waals surface area contributed by atoms with Crippen LogP contribution in [0.4, 0.5) is 5.82 Å². The van der Waals surface area contributed by atoms with Crippen LogP contribution >= 0.6 is 0 Å². The monoisotopic (exact) mass is 475 g/mol. The quantitative estimate of drug-likeness (QED) is 0.572. The number of amides is 1. The summed E-state index contributed by atoms with van der Waals surface area (Å²) < 4.78 is 7.47. The average Bonchev–Trinajstić information content (AvgIpc) is 3.28. The van der Waals surface area contributed by atoms with Gasteiger partial charge in [0.05, 0.1) is 25.5 Å². The van der Waals surface area contributed by atoms with E-state index in [0.29, 0.717) is 11.7 Å². The van der Waals surface area contributed by atoms with Gasteiger partial charge in [-0.05, 0) is 44.2 Å². The molecule has 0 radical (unpaired) electrons. The molecule has 0 spiro atoms. The van der Waals surface area contributed by atoms with Gasteiger partial charge in [0.2, 0.25) is 5.91 Å². The van der Waals surface area contributed by atoms with Gasteiger partial charge in [-0.15, -0.1) is 0 Å². The predicted octanol–water partition coefficient (Wildman–Crippen LogP) is 3.40. The molecule has 0 aromatic carbocycles. The molecule has 3 aromatic rings. The SMILES string of the molecule is C[C@@H]1CCCN(C(=O)CC#N)C1.Cc1ccc2ncc(-c3nc(C)cc(N4CCOCC4)n3)n2c1. The van der Waals surface area contributed by atoms with Crippen LogP contribution in [0.2, 0.25) is 0 Å². The number of aromatic nitrogens is 4. The van der Waals surface area contributed by atoms with E-state index in [1.165, 1.54) is 12.0 Å². The molecular formula is C26H33N7O2. The van der Waals surface area contributed by atoms with Gasteiger partial charge in [-0.25, -0.2) is 15.0 Å². The summed E-state index contributed by atoms with van der Waals surface area (Å²) in [5, 5.41) is 8.34. The third kappa shape index (κ3) is 6.14. The van der Waals surface area contributed by atoms with E-state index in [9.17, 15) is 4.79 Å². The molecule has 2 fully saturated rings. The Labute approximate surface area is 206 Å². The number of aryl methyl sites for hydroxylation is 2. The lowest BCUT2D eigenvalue weighted by Crippen LogP contribution is -2.38. The van der Waals surface area contributed by atoms with E-state index in [1.807, 2.05) is 35.7 Å². The molecule has 2 saturated heterocycles. The Morgan fingerprint density at radius 3 is 2.74 bits per heavy atom. The normalized spacial score (nSPS) is 18.1. The van der Waals surface area contributed by atoms with E-state index in [2.05, 4.69) is 41.0 Å². The highest BCUT2D eigenvalue weighted by molar-refractivity contribution is 5.78. The van der Waals surface area contributed by atoms with Gasteiger partial charge in [-0.3, -0.25) is 9.20 Å². The van der Waals surface area contributed by atoms with E-state index in [-0.39, 0.29) is 12.3 Å². The number of rotatable bonds is 3. The molecule has 5 rings (SSSR count). The molecule has 0 aliphatic carbocycles. The predicted molar refractivity (Wildman–Crippen MR) is 134 cm³/mol. The maximum atomic E-state index is 11.2. The zero-order chi connectivity index (χ0) is 24.8. The van der Waals surface area contributed by atoms with Crippen LogP contribution in [0, 0.1) is 31.1 Å². The largest absolute Gasteiger partial charge is 0.378 e. The van der Waals surface area contributed by atoms with E-state index < -0.39 is 0 Å². The molecule has 3 aromatic heterocycles. The van der Waals surface area contributed by atoms with Gasteiger partial charge < -0.3 is 14.5 Å². The van der Waals surface area contributed by atoms with E-state index in [0.717, 1.165) is 68.7 Å². The highest BCUT2D eigenvalue weighted by Crippen LogP contribution is 2.22. The molecule has 2 aliphatic rings. The highest BCUT2D eigenvalue weighted by atomic mass is 16.5. The molecule has 184 valence electrons. The first-order chi connectivity index (χ1) is 16.9. The van der Waals surface area contributed by atoms with Crippen molar-refractivity contribution in [2.75, 3.05) is 44.3 Å². The van der Waals surface area contributed by atoms with E-state index >= 15 is 0 Å².